The summed E-state index contributed by atoms with van der Waals surface area (Å²) in [6.07, 6.45) is 0. The highest BCUT2D eigenvalue weighted by Gasteiger charge is 2.28. The molecule has 3 nitrogen and oxygen atoms in total. The first-order valence-electron chi connectivity index (χ1n) is 9.51. The minimum Gasteiger partial charge on any atom is -0.252 e. The molecule has 30 heavy (non-hydrogen) atoms. The van der Waals surface area contributed by atoms with Gasteiger partial charge in [-0.3, -0.25) is 4.74 Å². The van der Waals surface area contributed by atoms with E-state index in [1.807, 2.05) is 67.6 Å². The van der Waals surface area contributed by atoms with Gasteiger partial charge in [-0.05, 0) is 13.0 Å². The fourth-order valence-corrected chi connectivity index (χ4v) is 7.32. The van der Waals surface area contributed by atoms with E-state index in [0.717, 1.165) is 21.6 Å². The molecule has 0 unspecified atom stereocenters. The van der Waals surface area contributed by atoms with Gasteiger partial charge in [0.2, 0.25) is 0 Å². The van der Waals surface area contributed by atoms with E-state index in [-0.39, 0.29) is 5.15 Å². The Kier molecular flexibility index (Phi) is 5.81. The molecule has 0 saturated heterocycles. The number of hydrogen-bond acceptors (Lipinski definition) is 3. The highest BCUT2D eigenvalue weighted by Crippen LogP contribution is 2.50. The molecule has 146 valence electrons. The zero-order valence-electron chi connectivity index (χ0n) is 16.4. The van der Waals surface area contributed by atoms with Crippen LogP contribution in [0.25, 0.3) is 0 Å². The van der Waals surface area contributed by atoms with Crippen molar-refractivity contribution in [1.82, 2.24) is 4.98 Å². The van der Waals surface area contributed by atoms with Crippen molar-refractivity contribution in [2.45, 2.75) is 6.92 Å². The molecule has 0 spiro atoms. The predicted octanol–water partition coefficient (Wildman–Crippen LogP) is 5.72. The van der Waals surface area contributed by atoms with E-state index in [9.17, 15) is 5.26 Å². The number of hydrogen-bond donors (Lipinski definition) is 0. The van der Waals surface area contributed by atoms with Crippen LogP contribution in [0.5, 0.6) is 0 Å². The monoisotopic (exact) mass is 427 g/mol. The molecule has 0 aliphatic carbocycles. The second kappa shape index (κ2) is 8.67. The number of benzene rings is 3. The maximum atomic E-state index is 9.78. The lowest BCUT2D eigenvalue weighted by Crippen LogP contribution is -2.25. The lowest BCUT2D eigenvalue weighted by Gasteiger charge is -2.27. The lowest BCUT2D eigenvalue weighted by atomic mass is 10.2. The van der Waals surface area contributed by atoms with Gasteiger partial charge in [-0.15, -0.1) is 0 Å². The van der Waals surface area contributed by atoms with Gasteiger partial charge in [0.15, 0.2) is 0 Å². The van der Waals surface area contributed by atoms with Crippen LogP contribution in [0.4, 0.5) is 5.69 Å². The summed E-state index contributed by atoms with van der Waals surface area (Å²) in [7, 11) is -2.47. The molecule has 0 fully saturated rings. The number of aryl methyl sites for hydroxylation is 1. The van der Waals surface area contributed by atoms with Gasteiger partial charge < -0.3 is 0 Å². The third-order valence-electron chi connectivity index (χ3n) is 4.84. The average molecular weight is 428 g/mol. The lowest BCUT2D eigenvalue weighted by molar-refractivity contribution is 1.18. The molecule has 1 aromatic heterocycles. The molecule has 4 aromatic rings. The Labute approximate surface area is 181 Å². The molecule has 0 amide bonds. The molecule has 1 heterocycles. The quantitative estimate of drug-likeness (QED) is 0.308. The summed E-state index contributed by atoms with van der Waals surface area (Å²) in [4.78, 5) is 4.25. The van der Waals surface area contributed by atoms with Gasteiger partial charge in [-0.2, -0.15) is 5.26 Å². The van der Waals surface area contributed by atoms with Crippen molar-refractivity contribution in [2.24, 2.45) is 4.74 Å². The van der Waals surface area contributed by atoms with Crippen molar-refractivity contribution in [3.8, 4) is 6.07 Å². The Balaban J connectivity index is 2.20. The third kappa shape index (κ3) is 3.68. The van der Waals surface area contributed by atoms with Crippen LogP contribution < -0.4 is 15.9 Å². The molecule has 0 aliphatic heterocycles. The van der Waals surface area contributed by atoms with Gasteiger partial charge >= 0.3 is 0 Å². The van der Waals surface area contributed by atoms with Crippen LogP contribution >= 0.6 is 18.7 Å². The standard InChI is InChI=1S/C25H19ClN3P/c1-19-17-24(23(18-27)25(26)28-19)29-30(20-11-5-2-6-12-20,21-13-7-3-8-14-21)22-15-9-4-10-16-22/h2-17H,1H3. The van der Waals surface area contributed by atoms with E-state index in [4.69, 9.17) is 16.3 Å². The summed E-state index contributed by atoms with van der Waals surface area (Å²) in [5.74, 6) is 0. The van der Waals surface area contributed by atoms with Crippen molar-refractivity contribution in [3.63, 3.8) is 0 Å². The van der Waals surface area contributed by atoms with Gasteiger partial charge in [0, 0.05) is 21.6 Å². The fourth-order valence-electron chi connectivity index (χ4n) is 3.51. The molecular weight excluding hydrogens is 409 g/mol. The summed E-state index contributed by atoms with van der Waals surface area (Å²) in [5.41, 5.74) is 1.60. The Hall–Kier alpha value is -3.18. The number of nitrogens with zero attached hydrogens (tertiary/aromatic N) is 3. The smallest absolute Gasteiger partial charge is 0.149 e. The molecule has 0 saturated carbocycles. The second-order valence-electron chi connectivity index (χ2n) is 6.80. The Morgan fingerprint density at radius 2 is 1.23 bits per heavy atom. The summed E-state index contributed by atoms with van der Waals surface area (Å²) >= 11 is 6.32. The Morgan fingerprint density at radius 3 is 1.63 bits per heavy atom. The van der Waals surface area contributed by atoms with E-state index >= 15 is 0 Å². The number of pyridine rings is 1. The van der Waals surface area contributed by atoms with Gasteiger partial charge in [0.1, 0.15) is 16.8 Å². The summed E-state index contributed by atoms with van der Waals surface area (Å²) in [6, 6.07) is 34.9. The van der Waals surface area contributed by atoms with Crippen LogP contribution in [0.15, 0.2) is 102 Å². The number of nitriles is 1. The van der Waals surface area contributed by atoms with E-state index in [2.05, 4.69) is 47.5 Å². The van der Waals surface area contributed by atoms with Crippen LogP contribution in [0.1, 0.15) is 11.3 Å². The summed E-state index contributed by atoms with van der Waals surface area (Å²) in [5, 5.41) is 13.3. The number of aromatic nitrogens is 1. The molecular formula is C25H19ClN3P. The molecule has 0 N–H and O–H groups in total. The van der Waals surface area contributed by atoms with Gasteiger partial charge in [-0.1, -0.05) is 103 Å². The first kappa shape index (κ1) is 20.1. The zero-order valence-corrected chi connectivity index (χ0v) is 18.1. The van der Waals surface area contributed by atoms with E-state index in [1.54, 1.807) is 0 Å². The Morgan fingerprint density at radius 1 is 0.800 bits per heavy atom. The van der Waals surface area contributed by atoms with Crippen molar-refractivity contribution in [3.05, 3.63) is 113 Å². The average Bonchev–Trinajstić information content (AvgIpc) is 2.79. The maximum Gasteiger partial charge on any atom is 0.149 e. The van der Waals surface area contributed by atoms with Crippen LogP contribution in [0, 0.1) is 18.3 Å². The SMILES string of the molecule is Cc1cc(N=P(c2ccccc2)(c2ccccc2)c2ccccc2)c(C#N)c(Cl)n1. The van der Waals surface area contributed by atoms with Crippen LogP contribution in [-0.2, 0) is 0 Å². The van der Waals surface area contributed by atoms with Crippen LogP contribution in [0.3, 0.4) is 0 Å². The van der Waals surface area contributed by atoms with E-state index < -0.39 is 7.05 Å². The van der Waals surface area contributed by atoms with E-state index in [1.165, 1.54) is 0 Å². The molecule has 3 aromatic carbocycles. The van der Waals surface area contributed by atoms with Crippen molar-refractivity contribution >= 4 is 40.3 Å². The molecule has 0 radical (unpaired) electrons. The molecule has 0 atom stereocenters. The normalized spacial score (nSPS) is 11.0. The highest BCUT2D eigenvalue weighted by atomic mass is 35.5. The largest absolute Gasteiger partial charge is 0.252 e. The first-order chi connectivity index (χ1) is 14.6. The fraction of sp³-hybridized carbons (Fsp3) is 0.0400. The minimum atomic E-state index is -2.47. The highest BCUT2D eigenvalue weighted by molar-refractivity contribution is 7.87. The number of halogens is 1. The van der Waals surface area contributed by atoms with Gasteiger partial charge in [0.05, 0.1) is 12.7 Å². The van der Waals surface area contributed by atoms with Crippen molar-refractivity contribution in [1.29, 1.82) is 5.26 Å². The summed E-state index contributed by atoms with van der Waals surface area (Å²) < 4.78 is 5.36. The second-order valence-corrected chi connectivity index (χ2v) is 10.2. The Bertz CT molecular complexity index is 1160. The van der Waals surface area contributed by atoms with Crippen molar-refractivity contribution in [2.75, 3.05) is 0 Å². The minimum absolute atomic E-state index is 0.184. The molecule has 0 bridgehead atoms. The van der Waals surface area contributed by atoms with Crippen LogP contribution in [-0.4, -0.2) is 4.98 Å². The van der Waals surface area contributed by atoms with Gasteiger partial charge in [-0.25, -0.2) is 4.98 Å². The molecule has 4 rings (SSSR count). The first-order valence-corrected chi connectivity index (χ1v) is 11.6. The number of rotatable bonds is 4. The molecule has 5 heteroatoms. The molecule has 0 aliphatic rings. The zero-order chi connectivity index (χ0) is 21.0. The van der Waals surface area contributed by atoms with Crippen molar-refractivity contribution < 1.29 is 0 Å². The summed E-state index contributed by atoms with van der Waals surface area (Å²) in [6.45, 7) is 1.86. The maximum absolute atomic E-state index is 9.78. The predicted molar refractivity (Wildman–Crippen MR) is 126 cm³/mol. The van der Waals surface area contributed by atoms with Gasteiger partial charge in [0.25, 0.3) is 0 Å². The van der Waals surface area contributed by atoms with Crippen LogP contribution in [0.2, 0.25) is 5.15 Å². The topological polar surface area (TPSA) is 49.0 Å². The van der Waals surface area contributed by atoms with E-state index in [0.29, 0.717) is 11.3 Å². The third-order valence-corrected chi connectivity index (χ3v) is 8.77.